The van der Waals surface area contributed by atoms with Gasteiger partial charge < -0.3 is 19.1 Å². The van der Waals surface area contributed by atoms with Crippen LogP contribution >= 0.6 is 23.2 Å². The summed E-state index contributed by atoms with van der Waals surface area (Å²) in [4.78, 5) is 29.4. The fraction of sp³-hybridized carbons (Fsp3) is 0.346. The van der Waals surface area contributed by atoms with Crippen molar-refractivity contribution in [3.63, 3.8) is 0 Å². The normalized spacial score (nSPS) is 15.2. The molecule has 0 aliphatic carbocycles. The fourth-order valence-electron chi connectivity index (χ4n) is 4.03. The van der Waals surface area contributed by atoms with E-state index in [0.717, 1.165) is 18.4 Å². The smallest absolute Gasteiger partial charge is 0.276 e. The molecule has 2 heterocycles. The van der Waals surface area contributed by atoms with Crippen molar-refractivity contribution in [1.29, 1.82) is 0 Å². The third-order valence-corrected chi connectivity index (χ3v) is 6.49. The first-order chi connectivity index (χ1) is 16.9. The number of nitrogens with zero attached hydrogens (tertiary/aromatic N) is 3. The largest absolute Gasteiger partial charge is 0.376 e. The van der Waals surface area contributed by atoms with Crippen LogP contribution in [0.3, 0.4) is 0 Å². The number of carbonyl (C=O) groups is 2. The molecule has 35 heavy (non-hydrogen) atoms. The van der Waals surface area contributed by atoms with Crippen LogP contribution in [-0.2, 0) is 16.1 Å². The average Bonchev–Trinajstić information content (AvgIpc) is 3.54. The van der Waals surface area contributed by atoms with Crippen molar-refractivity contribution in [3.05, 3.63) is 75.9 Å². The van der Waals surface area contributed by atoms with Gasteiger partial charge in [0.05, 0.1) is 11.1 Å². The van der Waals surface area contributed by atoms with Gasteiger partial charge in [0, 0.05) is 56.4 Å². The van der Waals surface area contributed by atoms with Gasteiger partial charge in [-0.1, -0.05) is 58.7 Å². The molecule has 9 heteroatoms. The second kappa shape index (κ2) is 11.7. The van der Waals surface area contributed by atoms with Crippen molar-refractivity contribution in [3.8, 4) is 11.3 Å². The lowest BCUT2D eigenvalue weighted by atomic mass is 10.1. The van der Waals surface area contributed by atoms with Crippen LogP contribution in [0.4, 0.5) is 0 Å². The first kappa shape index (κ1) is 25.2. The molecule has 1 aromatic heterocycles. The molecule has 0 radical (unpaired) electrons. The van der Waals surface area contributed by atoms with E-state index in [1.54, 1.807) is 41.1 Å². The van der Waals surface area contributed by atoms with E-state index in [2.05, 4.69) is 5.16 Å². The van der Waals surface area contributed by atoms with Crippen molar-refractivity contribution in [2.75, 3.05) is 26.7 Å². The monoisotopic (exact) mass is 515 g/mol. The van der Waals surface area contributed by atoms with Crippen molar-refractivity contribution in [2.24, 2.45) is 0 Å². The summed E-state index contributed by atoms with van der Waals surface area (Å²) in [7, 11) is 1.77. The van der Waals surface area contributed by atoms with Crippen LogP contribution in [0.5, 0.6) is 0 Å². The quantitative estimate of drug-likeness (QED) is 0.385. The third kappa shape index (κ3) is 6.63. The molecule has 0 spiro atoms. The average molecular weight is 516 g/mol. The Morgan fingerprint density at radius 1 is 1.11 bits per heavy atom. The standard InChI is InChI=1S/C26H27Cl2N3O4/c1-30(16-18-6-3-2-4-7-18)25(32)11-12-31(17-20-8-5-13-34-20)26(33)23-15-24(35-29-23)21-10-9-19(27)14-22(21)28/h2-4,6-7,9-10,14-15,20H,5,8,11-13,16-17H2,1H3. The van der Waals surface area contributed by atoms with E-state index in [1.165, 1.54) is 0 Å². The molecule has 3 aromatic rings. The number of rotatable bonds is 9. The molecule has 4 rings (SSSR count). The van der Waals surface area contributed by atoms with E-state index in [9.17, 15) is 9.59 Å². The van der Waals surface area contributed by atoms with Gasteiger partial charge in [-0.3, -0.25) is 9.59 Å². The fourth-order valence-corrected chi connectivity index (χ4v) is 4.53. The minimum absolute atomic E-state index is 0.0484. The summed E-state index contributed by atoms with van der Waals surface area (Å²) in [6.45, 7) is 1.82. The molecule has 1 fully saturated rings. The second-order valence-electron chi connectivity index (χ2n) is 8.57. The molecular formula is C26H27Cl2N3O4. The topological polar surface area (TPSA) is 75.9 Å². The van der Waals surface area contributed by atoms with Crippen molar-refractivity contribution in [2.45, 2.75) is 31.9 Å². The summed E-state index contributed by atoms with van der Waals surface area (Å²) >= 11 is 12.3. The summed E-state index contributed by atoms with van der Waals surface area (Å²) < 4.78 is 11.2. The maximum absolute atomic E-state index is 13.4. The molecule has 184 valence electrons. The zero-order chi connectivity index (χ0) is 24.8. The molecule has 1 atom stereocenters. The van der Waals surface area contributed by atoms with Crippen molar-refractivity contribution < 1.29 is 18.8 Å². The van der Waals surface area contributed by atoms with Gasteiger partial charge in [0.1, 0.15) is 0 Å². The van der Waals surface area contributed by atoms with Crippen LogP contribution in [0, 0.1) is 0 Å². The number of amides is 2. The van der Waals surface area contributed by atoms with Gasteiger partial charge in [-0.25, -0.2) is 0 Å². The molecular weight excluding hydrogens is 489 g/mol. The lowest BCUT2D eigenvalue weighted by Crippen LogP contribution is -2.40. The third-order valence-electron chi connectivity index (χ3n) is 5.94. The van der Waals surface area contributed by atoms with Gasteiger partial charge in [-0.05, 0) is 36.6 Å². The zero-order valence-corrected chi connectivity index (χ0v) is 21.0. The number of hydrogen-bond donors (Lipinski definition) is 0. The molecule has 7 nitrogen and oxygen atoms in total. The molecule has 2 aromatic carbocycles. The Labute approximate surface area is 214 Å². The van der Waals surface area contributed by atoms with E-state index in [0.29, 0.717) is 41.1 Å². The molecule has 1 unspecified atom stereocenters. The SMILES string of the molecule is CN(Cc1ccccc1)C(=O)CCN(CC1CCCO1)C(=O)c1cc(-c2ccc(Cl)cc2Cl)on1. The zero-order valence-electron chi connectivity index (χ0n) is 19.5. The van der Waals surface area contributed by atoms with Gasteiger partial charge in [0.25, 0.3) is 5.91 Å². The Hall–Kier alpha value is -2.87. The number of benzene rings is 2. The number of ether oxygens (including phenoxy) is 1. The molecule has 1 saturated heterocycles. The van der Waals surface area contributed by atoms with Gasteiger partial charge >= 0.3 is 0 Å². The number of hydrogen-bond acceptors (Lipinski definition) is 5. The molecule has 1 aliphatic rings. The Bertz CT molecular complexity index is 1160. The highest BCUT2D eigenvalue weighted by molar-refractivity contribution is 6.36. The number of carbonyl (C=O) groups excluding carboxylic acids is 2. The highest BCUT2D eigenvalue weighted by Gasteiger charge is 2.27. The molecule has 1 aliphatic heterocycles. The van der Waals surface area contributed by atoms with E-state index in [-0.39, 0.29) is 36.6 Å². The molecule has 0 bridgehead atoms. The summed E-state index contributed by atoms with van der Waals surface area (Å²) in [6, 6.07) is 16.3. The summed E-state index contributed by atoms with van der Waals surface area (Å²) in [5.74, 6) is -0.00219. The lowest BCUT2D eigenvalue weighted by molar-refractivity contribution is -0.130. The lowest BCUT2D eigenvalue weighted by Gasteiger charge is -2.25. The Morgan fingerprint density at radius 2 is 1.91 bits per heavy atom. The second-order valence-corrected chi connectivity index (χ2v) is 9.42. The van der Waals surface area contributed by atoms with Crippen LogP contribution < -0.4 is 0 Å². The van der Waals surface area contributed by atoms with E-state index < -0.39 is 0 Å². The Kier molecular flexibility index (Phi) is 8.44. The first-order valence-corrected chi connectivity index (χ1v) is 12.3. The van der Waals surface area contributed by atoms with E-state index in [4.69, 9.17) is 32.5 Å². The first-order valence-electron chi connectivity index (χ1n) is 11.5. The van der Waals surface area contributed by atoms with Gasteiger partial charge in [0.15, 0.2) is 11.5 Å². The summed E-state index contributed by atoms with van der Waals surface area (Å²) in [5.41, 5.74) is 1.78. The minimum atomic E-state index is -0.320. The van der Waals surface area contributed by atoms with Crippen LogP contribution in [0.2, 0.25) is 10.0 Å². The number of halogens is 2. The van der Waals surface area contributed by atoms with E-state index >= 15 is 0 Å². The minimum Gasteiger partial charge on any atom is -0.376 e. The molecule has 0 N–H and O–H groups in total. The van der Waals surface area contributed by atoms with Crippen LogP contribution in [0.1, 0.15) is 35.3 Å². The predicted octanol–water partition coefficient (Wildman–Crippen LogP) is 5.32. The van der Waals surface area contributed by atoms with E-state index in [1.807, 2.05) is 30.3 Å². The summed E-state index contributed by atoms with van der Waals surface area (Å²) in [6.07, 6.45) is 1.95. The van der Waals surface area contributed by atoms with Crippen LogP contribution in [0.15, 0.2) is 59.1 Å². The van der Waals surface area contributed by atoms with Gasteiger partial charge in [-0.15, -0.1) is 0 Å². The Morgan fingerprint density at radius 3 is 2.63 bits per heavy atom. The maximum Gasteiger partial charge on any atom is 0.276 e. The number of aromatic nitrogens is 1. The highest BCUT2D eigenvalue weighted by atomic mass is 35.5. The molecule has 2 amide bonds. The van der Waals surface area contributed by atoms with Crippen molar-refractivity contribution >= 4 is 35.0 Å². The van der Waals surface area contributed by atoms with Crippen LogP contribution in [-0.4, -0.2) is 59.6 Å². The van der Waals surface area contributed by atoms with Gasteiger partial charge in [0.2, 0.25) is 5.91 Å². The summed E-state index contributed by atoms with van der Waals surface area (Å²) in [5, 5.41) is 4.87. The predicted molar refractivity (Wildman–Crippen MR) is 134 cm³/mol. The maximum atomic E-state index is 13.4. The van der Waals surface area contributed by atoms with Crippen LogP contribution in [0.25, 0.3) is 11.3 Å². The van der Waals surface area contributed by atoms with Crippen molar-refractivity contribution in [1.82, 2.24) is 15.0 Å². The highest BCUT2D eigenvalue weighted by Crippen LogP contribution is 2.31. The Balaban J connectivity index is 1.44. The molecule has 0 saturated carbocycles. The van der Waals surface area contributed by atoms with Gasteiger partial charge in [-0.2, -0.15) is 0 Å².